The second-order valence-corrected chi connectivity index (χ2v) is 10.8. The van der Waals surface area contributed by atoms with E-state index in [0.717, 1.165) is 68.3 Å². The van der Waals surface area contributed by atoms with E-state index in [0.29, 0.717) is 24.9 Å². The molecule has 0 unspecified atom stereocenters. The van der Waals surface area contributed by atoms with Crippen LogP contribution < -0.4 is 5.32 Å². The van der Waals surface area contributed by atoms with Gasteiger partial charge in [-0.15, -0.1) is 0 Å². The molecule has 2 aliphatic rings. The molecule has 8 heteroatoms. The molecule has 4 rings (SSSR count). The highest BCUT2D eigenvalue weighted by Crippen LogP contribution is 2.34. The molecule has 1 saturated heterocycles. The predicted molar refractivity (Wildman–Crippen MR) is 141 cm³/mol. The molecule has 0 radical (unpaired) electrons. The number of likely N-dealkylation sites (tertiary alicyclic amines) is 1. The Labute approximate surface area is 217 Å². The van der Waals surface area contributed by atoms with Crippen molar-refractivity contribution in [3.05, 3.63) is 69.5 Å². The Bertz CT molecular complexity index is 1120. The van der Waals surface area contributed by atoms with E-state index in [1.807, 2.05) is 24.3 Å². The van der Waals surface area contributed by atoms with Gasteiger partial charge in [-0.25, -0.2) is 4.39 Å². The molecule has 1 aliphatic heterocycles. The number of anilines is 1. The Morgan fingerprint density at radius 3 is 2.27 bits per heavy atom. The highest BCUT2D eigenvalue weighted by molar-refractivity contribution is 5.92. The van der Waals surface area contributed by atoms with Crippen molar-refractivity contribution in [1.29, 1.82) is 0 Å². The number of hydrogen-bond acceptors (Lipinski definition) is 4. The maximum atomic E-state index is 13.6. The zero-order chi connectivity index (χ0) is 26.5. The van der Waals surface area contributed by atoms with Crippen LogP contribution in [0.1, 0.15) is 69.4 Å². The molecule has 0 spiro atoms. The second kappa shape index (κ2) is 11.8. The highest BCUT2D eigenvalue weighted by Gasteiger charge is 2.28. The fourth-order valence-corrected chi connectivity index (χ4v) is 5.74. The van der Waals surface area contributed by atoms with E-state index in [1.54, 1.807) is 4.90 Å². The fraction of sp³-hybridized carbons (Fsp3) is 0.517. The van der Waals surface area contributed by atoms with E-state index in [1.165, 1.54) is 5.56 Å². The molecule has 2 aromatic carbocycles. The number of piperidine rings is 1. The summed E-state index contributed by atoms with van der Waals surface area (Å²) in [7, 11) is 0. The van der Waals surface area contributed by atoms with Crippen molar-refractivity contribution < 1.29 is 18.9 Å². The summed E-state index contributed by atoms with van der Waals surface area (Å²) in [6.45, 7) is 5.61. The van der Waals surface area contributed by atoms with Crippen molar-refractivity contribution in [2.75, 3.05) is 18.4 Å². The zero-order valence-corrected chi connectivity index (χ0v) is 21.6. The predicted octanol–water partition coefficient (Wildman–Crippen LogP) is 6.08. The standard InChI is InChI=1S/C29H36FN3O4/c1-19(2)20-3-5-23(6-4-20)29(35)31-26-10-7-21(8-11-26)22-13-15-32(16-14-22)28(34)18-24-17-25(30)9-12-27(24)33(36)37/h7-12,17,19-20,22-23H,3-6,13-16,18H2,1-2H3,(H,31,35). The lowest BCUT2D eigenvalue weighted by Crippen LogP contribution is -2.38. The number of amides is 2. The first-order chi connectivity index (χ1) is 17.7. The van der Waals surface area contributed by atoms with Crippen molar-refractivity contribution in [3.63, 3.8) is 0 Å². The lowest BCUT2D eigenvalue weighted by atomic mass is 9.76. The summed E-state index contributed by atoms with van der Waals surface area (Å²) in [5.74, 6) is 1.08. The van der Waals surface area contributed by atoms with Gasteiger partial charge in [0.2, 0.25) is 11.8 Å². The minimum Gasteiger partial charge on any atom is -0.342 e. The molecule has 1 saturated carbocycles. The van der Waals surface area contributed by atoms with Crippen molar-refractivity contribution in [3.8, 4) is 0 Å². The number of carbonyl (C=O) groups excluding carboxylic acids is 2. The number of carbonyl (C=O) groups is 2. The van der Waals surface area contributed by atoms with Gasteiger partial charge in [0.15, 0.2) is 0 Å². The lowest BCUT2D eigenvalue weighted by molar-refractivity contribution is -0.385. The second-order valence-electron chi connectivity index (χ2n) is 10.8. The van der Waals surface area contributed by atoms with Gasteiger partial charge in [-0.2, -0.15) is 0 Å². The van der Waals surface area contributed by atoms with Gasteiger partial charge in [0.05, 0.1) is 11.3 Å². The SMILES string of the molecule is CC(C)C1CCC(C(=O)Nc2ccc(C3CCN(C(=O)Cc4cc(F)ccc4[N+](=O)[O-])CC3)cc2)CC1. The van der Waals surface area contributed by atoms with Crippen LogP contribution in [0, 0.1) is 33.7 Å². The molecule has 1 heterocycles. The number of nitrogens with zero attached hydrogens (tertiary/aromatic N) is 2. The molecule has 2 fully saturated rings. The largest absolute Gasteiger partial charge is 0.342 e. The zero-order valence-electron chi connectivity index (χ0n) is 21.6. The Morgan fingerprint density at radius 2 is 1.68 bits per heavy atom. The summed E-state index contributed by atoms with van der Waals surface area (Å²) in [5, 5.41) is 14.3. The van der Waals surface area contributed by atoms with Gasteiger partial charge in [0.25, 0.3) is 5.69 Å². The van der Waals surface area contributed by atoms with Crippen LogP contribution in [0.5, 0.6) is 0 Å². The maximum absolute atomic E-state index is 13.6. The first-order valence-corrected chi connectivity index (χ1v) is 13.3. The lowest BCUT2D eigenvalue weighted by Gasteiger charge is -2.32. The molecule has 0 bridgehead atoms. The van der Waals surface area contributed by atoms with Crippen LogP contribution in [0.2, 0.25) is 0 Å². The Hall–Kier alpha value is -3.29. The van der Waals surface area contributed by atoms with Gasteiger partial charge in [0.1, 0.15) is 5.82 Å². The van der Waals surface area contributed by atoms with E-state index < -0.39 is 10.7 Å². The van der Waals surface area contributed by atoms with Crippen LogP contribution in [0.3, 0.4) is 0 Å². The third kappa shape index (κ3) is 6.73. The van der Waals surface area contributed by atoms with Gasteiger partial charge in [0, 0.05) is 36.3 Å². The molecule has 198 valence electrons. The Kier molecular flexibility index (Phi) is 8.56. The maximum Gasteiger partial charge on any atom is 0.273 e. The van der Waals surface area contributed by atoms with E-state index >= 15 is 0 Å². The molecule has 1 aliphatic carbocycles. The molecular formula is C29H36FN3O4. The third-order valence-corrected chi connectivity index (χ3v) is 8.16. The normalized spacial score (nSPS) is 20.6. The van der Waals surface area contributed by atoms with Gasteiger partial charge in [-0.1, -0.05) is 26.0 Å². The third-order valence-electron chi connectivity index (χ3n) is 8.16. The first kappa shape index (κ1) is 26.8. The number of halogens is 1. The van der Waals surface area contributed by atoms with E-state index in [4.69, 9.17) is 0 Å². The van der Waals surface area contributed by atoms with Crippen LogP contribution in [0.15, 0.2) is 42.5 Å². The summed E-state index contributed by atoms with van der Waals surface area (Å²) in [6.07, 6.45) is 5.52. The Balaban J connectivity index is 1.27. The summed E-state index contributed by atoms with van der Waals surface area (Å²) in [5.41, 5.74) is 1.84. The van der Waals surface area contributed by atoms with E-state index in [-0.39, 0.29) is 35.4 Å². The number of rotatable bonds is 7. The topological polar surface area (TPSA) is 92.6 Å². The average molecular weight is 510 g/mol. The van der Waals surface area contributed by atoms with Crippen LogP contribution in [0.4, 0.5) is 15.8 Å². The molecule has 2 aromatic rings. The first-order valence-electron chi connectivity index (χ1n) is 13.3. The quantitative estimate of drug-likeness (QED) is 0.361. The number of hydrogen-bond donors (Lipinski definition) is 1. The van der Waals surface area contributed by atoms with Gasteiger partial charge in [-0.05, 0) is 86.1 Å². The molecule has 7 nitrogen and oxygen atoms in total. The minimum absolute atomic E-state index is 0.0883. The molecule has 37 heavy (non-hydrogen) atoms. The van der Waals surface area contributed by atoms with Crippen LogP contribution in [-0.2, 0) is 16.0 Å². The van der Waals surface area contributed by atoms with Crippen LogP contribution in [-0.4, -0.2) is 34.7 Å². The summed E-state index contributed by atoms with van der Waals surface area (Å²) in [4.78, 5) is 37.8. The van der Waals surface area contributed by atoms with Gasteiger partial charge >= 0.3 is 0 Å². The monoisotopic (exact) mass is 509 g/mol. The molecule has 2 amide bonds. The molecule has 0 atom stereocenters. The van der Waals surface area contributed by atoms with Gasteiger partial charge < -0.3 is 10.2 Å². The number of nitrogens with one attached hydrogen (secondary N) is 1. The number of nitro groups is 1. The van der Waals surface area contributed by atoms with Crippen molar-refractivity contribution in [1.82, 2.24) is 4.90 Å². The highest BCUT2D eigenvalue weighted by atomic mass is 19.1. The van der Waals surface area contributed by atoms with Crippen LogP contribution >= 0.6 is 0 Å². The fourth-order valence-electron chi connectivity index (χ4n) is 5.74. The number of benzene rings is 2. The number of nitro benzene ring substituents is 1. The average Bonchev–Trinajstić information content (AvgIpc) is 2.89. The van der Waals surface area contributed by atoms with Crippen molar-refractivity contribution in [2.24, 2.45) is 17.8 Å². The van der Waals surface area contributed by atoms with Gasteiger partial charge in [-0.3, -0.25) is 19.7 Å². The smallest absolute Gasteiger partial charge is 0.273 e. The molecular weight excluding hydrogens is 473 g/mol. The van der Waals surface area contributed by atoms with Crippen LogP contribution in [0.25, 0.3) is 0 Å². The van der Waals surface area contributed by atoms with Crippen molar-refractivity contribution in [2.45, 2.75) is 64.7 Å². The van der Waals surface area contributed by atoms with E-state index in [9.17, 15) is 24.1 Å². The van der Waals surface area contributed by atoms with Crippen molar-refractivity contribution >= 4 is 23.2 Å². The summed E-state index contributed by atoms with van der Waals surface area (Å²) in [6, 6.07) is 11.2. The minimum atomic E-state index is -0.592. The Morgan fingerprint density at radius 1 is 1.03 bits per heavy atom. The molecule has 0 aromatic heterocycles. The van der Waals surface area contributed by atoms with E-state index in [2.05, 4.69) is 19.2 Å². The summed E-state index contributed by atoms with van der Waals surface area (Å²) >= 11 is 0. The summed E-state index contributed by atoms with van der Waals surface area (Å²) < 4.78 is 13.6. The molecule has 1 N–H and O–H groups in total.